The topological polar surface area (TPSA) is 15.3 Å². The lowest BCUT2D eigenvalue weighted by molar-refractivity contribution is 0.191. The van der Waals surface area contributed by atoms with Crippen LogP contribution in [0.3, 0.4) is 0 Å². The highest BCUT2D eigenvalue weighted by Crippen LogP contribution is 2.20. The van der Waals surface area contributed by atoms with Gasteiger partial charge in [-0.15, -0.1) is 0 Å². The molecule has 2 atom stereocenters. The predicted octanol–water partition coefficient (Wildman–Crippen LogP) is 3.94. The van der Waals surface area contributed by atoms with Gasteiger partial charge in [0.05, 0.1) is 0 Å². The molecule has 4 heteroatoms. The normalized spacial score (nSPS) is 24.6. The highest BCUT2D eigenvalue weighted by molar-refractivity contribution is 9.10. The molecule has 1 fully saturated rings. The zero-order valence-corrected chi connectivity index (χ0v) is 13.9. The molecular formula is C16H24BrFN2. The fourth-order valence-corrected chi connectivity index (χ4v) is 3.26. The molecule has 0 amide bonds. The van der Waals surface area contributed by atoms with Crippen LogP contribution < -0.4 is 5.32 Å². The molecular weight excluding hydrogens is 319 g/mol. The van der Waals surface area contributed by atoms with E-state index in [-0.39, 0.29) is 5.82 Å². The largest absolute Gasteiger partial charge is 0.313 e. The van der Waals surface area contributed by atoms with Gasteiger partial charge in [-0.05, 0) is 44.5 Å². The summed E-state index contributed by atoms with van der Waals surface area (Å²) < 4.78 is 14.9. The van der Waals surface area contributed by atoms with Crippen molar-refractivity contribution >= 4 is 15.9 Å². The third-order valence-corrected chi connectivity index (χ3v) is 4.58. The maximum absolute atomic E-state index is 13.9. The number of nitrogens with one attached hydrogen (secondary N) is 1. The van der Waals surface area contributed by atoms with E-state index in [0.717, 1.165) is 29.5 Å². The van der Waals surface area contributed by atoms with Gasteiger partial charge in [-0.2, -0.15) is 0 Å². The fraction of sp³-hybridized carbons (Fsp3) is 0.625. The Kier molecular flexibility index (Phi) is 6.00. The van der Waals surface area contributed by atoms with E-state index in [1.165, 1.54) is 12.8 Å². The number of rotatable bonds is 4. The van der Waals surface area contributed by atoms with Crippen LogP contribution in [0.15, 0.2) is 22.7 Å². The van der Waals surface area contributed by atoms with E-state index in [0.29, 0.717) is 18.6 Å². The summed E-state index contributed by atoms with van der Waals surface area (Å²) in [5, 5.41) is 3.61. The van der Waals surface area contributed by atoms with Gasteiger partial charge < -0.3 is 5.32 Å². The van der Waals surface area contributed by atoms with Crippen LogP contribution >= 0.6 is 15.9 Å². The number of halogens is 2. The third kappa shape index (κ3) is 4.27. The Balaban J connectivity index is 2.09. The second kappa shape index (κ2) is 7.53. The van der Waals surface area contributed by atoms with Gasteiger partial charge in [0.1, 0.15) is 5.82 Å². The molecule has 1 heterocycles. The van der Waals surface area contributed by atoms with Gasteiger partial charge in [0.2, 0.25) is 0 Å². The van der Waals surface area contributed by atoms with Crippen molar-refractivity contribution in [3.63, 3.8) is 0 Å². The molecule has 1 aliphatic rings. The van der Waals surface area contributed by atoms with E-state index < -0.39 is 0 Å². The Hall–Kier alpha value is -0.450. The summed E-state index contributed by atoms with van der Waals surface area (Å²) in [4.78, 5) is 2.41. The lowest BCUT2D eigenvalue weighted by Gasteiger charge is -2.29. The first-order valence-electron chi connectivity index (χ1n) is 7.51. The van der Waals surface area contributed by atoms with Gasteiger partial charge in [0, 0.05) is 35.2 Å². The minimum atomic E-state index is -0.107. The maximum Gasteiger partial charge on any atom is 0.127 e. The highest BCUT2D eigenvalue weighted by Gasteiger charge is 2.23. The van der Waals surface area contributed by atoms with Gasteiger partial charge in [0.15, 0.2) is 0 Å². The minimum Gasteiger partial charge on any atom is -0.313 e. The Morgan fingerprint density at radius 2 is 2.25 bits per heavy atom. The van der Waals surface area contributed by atoms with Gasteiger partial charge in [-0.1, -0.05) is 29.3 Å². The third-order valence-electron chi connectivity index (χ3n) is 4.09. The van der Waals surface area contributed by atoms with E-state index in [1.54, 1.807) is 12.1 Å². The smallest absolute Gasteiger partial charge is 0.127 e. The van der Waals surface area contributed by atoms with Crippen molar-refractivity contribution in [3.8, 4) is 0 Å². The second-order valence-electron chi connectivity index (χ2n) is 5.74. The average Bonchev–Trinajstić information content (AvgIpc) is 2.57. The fourth-order valence-electron chi connectivity index (χ4n) is 2.85. The zero-order valence-electron chi connectivity index (χ0n) is 12.3. The molecule has 1 N–H and O–H groups in total. The molecule has 1 aromatic rings. The summed E-state index contributed by atoms with van der Waals surface area (Å²) in [6.45, 7) is 7.21. The standard InChI is InChI=1S/C16H24BrFN2/c1-3-4-15-11-20(12(2)7-8-19-15)10-13-9-14(17)5-6-16(13)18/h5-6,9,12,15,19H,3-4,7-8,10-11H2,1-2H3. The van der Waals surface area contributed by atoms with Crippen LogP contribution in [0.1, 0.15) is 38.7 Å². The summed E-state index contributed by atoms with van der Waals surface area (Å²) >= 11 is 3.43. The monoisotopic (exact) mass is 342 g/mol. The molecule has 2 unspecified atom stereocenters. The quantitative estimate of drug-likeness (QED) is 0.891. The van der Waals surface area contributed by atoms with E-state index in [9.17, 15) is 4.39 Å². The summed E-state index contributed by atoms with van der Waals surface area (Å²) in [6, 6.07) is 6.22. The molecule has 1 saturated heterocycles. The molecule has 0 aliphatic carbocycles. The molecule has 112 valence electrons. The van der Waals surface area contributed by atoms with E-state index in [2.05, 4.69) is 40.0 Å². The SMILES string of the molecule is CCCC1CN(Cc2cc(Br)ccc2F)C(C)CCN1. The minimum absolute atomic E-state index is 0.107. The van der Waals surface area contributed by atoms with E-state index in [1.807, 2.05) is 6.07 Å². The van der Waals surface area contributed by atoms with E-state index in [4.69, 9.17) is 0 Å². The zero-order chi connectivity index (χ0) is 14.5. The van der Waals surface area contributed by atoms with Gasteiger partial charge in [-0.25, -0.2) is 4.39 Å². The summed E-state index contributed by atoms with van der Waals surface area (Å²) in [7, 11) is 0. The summed E-state index contributed by atoms with van der Waals surface area (Å²) in [6.07, 6.45) is 3.49. The van der Waals surface area contributed by atoms with Crippen molar-refractivity contribution in [2.24, 2.45) is 0 Å². The van der Waals surface area contributed by atoms with E-state index >= 15 is 0 Å². The maximum atomic E-state index is 13.9. The molecule has 1 aromatic carbocycles. The molecule has 0 aromatic heterocycles. The Morgan fingerprint density at radius 3 is 3.00 bits per heavy atom. The number of hydrogen-bond donors (Lipinski definition) is 1. The molecule has 0 saturated carbocycles. The molecule has 1 aliphatic heterocycles. The van der Waals surface area contributed by atoms with Crippen LogP contribution in [0.5, 0.6) is 0 Å². The highest BCUT2D eigenvalue weighted by atomic mass is 79.9. The first kappa shape index (κ1) is 15.9. The molecule has 0 spiro atoms. The predicted molar refractivity (Wildman–Crippen MR) is 85.3 cm³/mol. The lowest BCUT2D eigenvalue weighted by Crippen LogP contribution is -2.39. The van der Waals surface area contributed by atoms with Gasteiger partial charge in [-0.3, -0.25) is 4.90 Å². The van der Waals surface area contributed by atoms with Crippen LogP contribution in [0.25, 0.3) is 0 Å². The van der Waals surface area contributed by atoms with Crippen molar-refractivity contribution in [2.75, 3.05) is 13.1 Å². The number of hydrogen-bond acceptors (Lipinski definition) is 2. The van der Waals surface area contributed by atoms with Crippen LogP contribution in [0, 0.1) is 5.82 Å². The first-order chi connectivity index (χ1) is 9.60. The van der Waals surface area contributed by atoms with Crippen LogP contribution in [0.4, 0.5) is 4.39 Å². The Morgan fingerprint density at radius 1 is 1.45 bits per heavy atom. The Labute approximate surface area is 129 Å². The van der Waals surface area contributed by atoms with Crippen molar-refractivity contribution < 1.29 is 4.39 Å². The number of nitrogens with zero attached hydrogens (tertiary/aromatic N) is 1. The van der Waals surface area contributed by atoms with Gasteiger partial charge >= 0.3 is 0 Å². The van der Waals surface area contributed by atoms with Crippen LogP contribution in [0.2, 0.25) is 0 Å². The van der Waals surface area contributed by atoms with Crippen LogP contribution in [-0.4, -0.2) is 30.1 Å². The first-order valence-corrected chi connectivity index (χ1v) is 8.30. The summed E-state index contributed by atoms with van der Waals surface area (Å²) in [5.74, 6) is -0.107. The molecule has 2 rings (SSSR count). The molecule has 2 nitrogen and oxygen atoms in total. The Bertz CT molecular complexity index is 438. The van der Waals surface area contributed by atoms with Crippen molar-refractivity contribution in [3.05, 3.63) is 34.1 Å². The van der Waals surface area contributed by atoms with Crippen molar-refractivity contribution in [2.45, 2.75) is 51.7 Å². The van der Waals surface area contributed by atoms with Gasteiger partial charge in [0.25, 0.3) is 0 Å². The average molecular weight is 343 g/mol. The van der Waals surface area contributed by atoms with Crippen molar-refractivity contribution in [1.29, 1.82) is 0 Å². The lowest BCUT2D eigenvalue weighted by atomic mass is 10.1. The molecule has 0 radical (unpaired) electrons. The van der Waals surface area contributed by atoms with Crippen molar-refractivity contribution in [1.82, 2.24) is 10.2 Å². The van der Waals surface area contributed by atoms with Crippen LogP contribution in [-0.2, 0) is 6.54 Å². The second-order valence-corrected chi connectivity index (χ2v) is 6.66. The summed E-state index contributed by atoms with van der Waals surface area (Å²) in [5.41, 5.74) is 0.781. The molecule has 20 heavy (non-hydrogen) atoms. The molecule has 0 bridgehead atoms. The number of benzene rings is 1.